The first kappa shape index (κ1) is 18.5. The average Bonchev–Trinajstić information content (AvgIpc) is 2.61. The van der Waals surface area contributed by atoms with Crippen molar-refractivity contribution in [3.63, 3.8) is 0 Å². The van der Waals surface area contributed by atoms with Gasteiger partial charge in [-0.25, -0.2) is 0 Å². The third-order valence-electron chi connectivity index (χ3n) is 3.93. The van der Waals surface area contributed by atoms with Crippen LogP contribution in [0.15, 0.2) is 58.3 Å². The molecule has 0 aromatic heterocycles. The van der Waals surface area contributed by atoms with Crippen molar-refractivity contribution in [2.45, 2.75) is 48.3 Å². The summed E-state index contributed by atoms with van der Waals surface area (Å²) in [7, 11) is 3.46. The number of benzene rings is 2. The van der Waals surface area contributed by atoms with Gasteiger partial charge in [-0.3, -0.25) is 0 Å². The van der Waals surface area contributed by atoms with E-state index in [1.807, 2.05) is 0 Å². The summed E-state index contributed by atoms with van der Waals surface area (Å²) in [6.45, 7) is 4.16. The van der Waals surface area contributed by atoms with Gasteiger partial charge < -0.3 is 0 Å². The van der Waals surface area contributed by atoms with E-state index in [-0.39, 0.29) is 11.8 Å². The molecule has 2 rings (SSSR count). The zero-order valence-electron chi connectivity index (χ0n) is 13.9. The Kier molecular flexibility index (Phi) is 7.25. The van der Waals surface area contributed by atoms with Crippen molar-refractivity contribution in [1.29, 1.82) is 10.5 Å². The fraction of sp³-hybridized carbons (Fsp3) is 0.300. The fourth-order valence-electron chi connectivity index (χ4n) is 2.31. The first-order chi connectivity index (χ1) is 11.6. The van der Waals surface area contributed by atoms with E-state index < -0.39 is 0 Å². The Bertz CT molecular complexity index is 659. The van der Waals surface area contributed by atoms with Gasteiger partial charge in [0.1, 0.15) is 0 Å². The van der Waals surface area contributed by atoms with E-state index in [1.165, 1.54) is 20.9 Å². The average molecular weight is 353 g/mol. The molecule has 2 unspecified atom stereocenters. The van der Waals surface area contributed by atoms with Gasteiger partial charge in [0.2, 0.25) is 0 Å². The normalized spacial score (nSPS) is 12.8. The second-order valence-corrected chi connectivity index (χ2v) is 8.11. The Labute approximate surface area is 152 Å². The van der Waals surface area contributed by atoms with Gasteiger partial charge in [0.05, 0.1) is 12.1 Å². The Morgan fingerprint density at radius 2 is 1.04 bits per heavy atom. The van der Waals surface area contributed by atoms with Crippen molar-refractivity contribution < 1.29 is 0 Å². The molecule has 0 fully saturated rings. The number of nitriles is 2. The summed E-state index contributed by atoms with van der Waals surface area (Å²) in [6.07, 6.45) is 1.11. The number of hydrogen-bond acceptors (Lipinski definition) is 4. The molecule has 2 nitrogen and oxygen atoms in total. The van der Waals surface area contributed by atoms with Crippen LogP contribution in [0, 0.1) is 22.7 Å². The van der Waals surface area contributed by atoms with Crippen molar-refractivity contribution in [3.8, 4) is 12.1 Å². The van der Waals surface area contributed by atoms with Gasteiger partial charge in [-0.15, -0.1) is 0 Å². The zero-order chi connectivity index (χ0) is 17.4. The van der Waals surface area contributed by atoms with Crippen LogP contribution in [0.3, 0.4) is 0 Å². The summed E-state index contributed by atoms with van der Waals surface area (Å²) in [4.78, 5) is 2.41. The highest BCUT2D eigenvalue weighted by atomic mass is 33.1. The van der Waals surface area contributed by atoms with Gasteiger partial charge in [-0.05, 0) is 47.2 Å². The van der Waals surface area contributed by atoms with Gasteiger partial charge in [0.15, 0.2) is 0 Å². The minimum absolute atomic E-state index is 0.282. The van der Waals surface area contributed by atoms with Crippen LogP contribution in [0.5, 0.6) is 0 Å². The van der Waals surface area contributed by atoms with E-state index in [2.05, 4.69) is 74.5 Å². The van der Waals surface area contributed by atoms with Crippen LogP contribution in [-0.2, 0) is 0 Å². The molecule has 2 atom stereocenters. The van der Waals surface area contributed by atoms with Gasteiger partial charge in [0, 0.05) is 22.6 Å². The predicted octanol–water partition coefficient (Wildman–Crippen LogP) is 6.52. The van der Waals surface area contributed by atoms with E-state index in [0.29, 0.717) is 12.8 Å². The van der Waals surface area contributed by atoms with Crippen molar-refractivity contribution in [1.82, 2.24) is 0 Å². The molecule has 2 aromatic carbocycles. The quantitative estimate of drug-likeness (QED) is 0.532. The summed E-state index contributed by atoms with van der Waals surface area (Å²) < 4.78 is 0. The molecular weight excluding hydrogens is 332 g/mol. The van der Waals surface area contributed by atoms with Gasteiger partial charge in [-0.2, -0.15) is 10.5 Å². The Morgan fingerprint density at radius 1 is 0.708 bits per heavy atom. The molecule has 0 aliphatic rings. The van der Waals surface area contributed by atoms with Crippen molar-refractivity contribution in [3.05, 3.63) is 59.7 Å². The summed E-state index contributed by atoms with van der Waals surface area (Å²) >= 11 is 0. The Morgan fingerprint density at radius 3 is 1.33 bits per heavy atom. The van der Waals surface area contributed by atoms with Gasteiger partial charge >= 0.3 is 0 Å². The van der Waals surface area contributed by atoms with Crippen molar-refractivity contribution in [2.75, 3.05) is 0 Å². The lowest BCUT2D eigenvalue weighted by Gasteiger charge is -2.09. The maximum absolute atomic E-state index is 8.77. The standard InChI is InChI=1S/C20H20N2S2/c1-15(11-13-21)17-3-7-19(8-4-17)23-24-20-9-5-18(6-10-20)16(2)12-14-22/h3-10,15-16H,11-12H2,1-2H3. The molecule has 0 radical (unpaired) electrons. The minimum Gasteiger partial charge on any atom is -0.198 e. The third-order valence-corrected chi connectivity index (χ3v) is 6.34. The lowest BCUT2D eigenvalue weighted by molar-refractivity contribution is 0.788. The highest BCUT2D eigenvalue weighted by Crippen LogP contribution is 2.38. The van der Waals surface area contributed by atoms with E-state index in [9.17, 15) is 0 Å². The molecule has 0 amide bonds. The SMILES string of the molecule is CC(CC#N)c1ccc(SSc2ccc(C(C)CC#N)cc2)cc1. The second-order valence-electron chi connectivity index (χ2n) is 5.83. The number of rotatable bonds is 7. The first-order valence-electron chi connectivity index (χ1n) is 7.92. The molecule has 0 saturated heterocycles. The van der Waals surface area contributed by atoms with Crippen LogP contribution < -0.4 is 0 Å². The maximum atomic E-state index is 8.77. The molecule has 0 aliphatic carbocycles. The molecule has 0 N–H and O–H groups in total. The maximum Gasteiger partial charge on any atom is 0.0628 e. The van der Waals surface area contributed by atoms with E-state index in [1.54, 1.807) is 21.6 Å². The third kappa shape index (κ3) is 5.34. The predicted molar refractivity (Wildman–Crippen MR) is 102 cm³/mol. The van der Waals surface area contributed by atoms with Crippen molar-refractivity contribution in [2.24, 2.45) is 0 Å². The second kappa shape index (κ2) is 9.42. The summed E-state index contributed by atoms with van der Waals surface area (Å²) in [6, 6.07) is 21.3. The molecular formula is C20H20N2S2. The van der Waals surface area contributed by atoms with Crippen LogP contribution in [0.4, 0.5) is 0 Å². The van der Waals surface area contributed by atoms with Crippen LogP contribution >= 0.6 is 21.6 Å². The summed E-state index contributed by atoms with van der Waals surface area (Å²) in [5.74, 6) is 0.564. The van der Waals surface area contributed by atoms with Crippen LogP contribution in [0.1, 0.15) is 49.7 Å². The largest absolute Gasteiger partial charge is 0.198 e. The molecule has 0 heterocycles. The lowest BCUT2D eigenvalue weighted by Crippen LogP contribution is -1.91. The van der Waals surface area contributed by atoms with Gasteiger partial charge in [0.25, 0.3) is 0 Å². The monoisotopic (exact) mass is 352 g/mol. The van der Waals surface area contributed by atoms with Crippen LogP contribution in [0.25, 0.3) is 0 Å². The Balaban J connectivity index is 1.91. The lowest BCUT2D eigenvalue weighted by atomic mass is 9.99. The highest BCUT2D eigenvalue weighted by Gasteiger charge is 2.07. The zero-order valence-corrected chi connectivity index (χ0v) is 15.5. The minimum atomic E-state index is 0.282. The summed E-state index contributed by atoms with van der Waals surface area (Å²) in [5.41, 5.74) is 2.42. The molecule has 2 aromatic rings. The smallest absolute Gasteiger partial charge is 0.0628 e. The van der Waals surface area contributed by atoms with E-state index in [4.69, 9.17) is 10.5 Å². The Hall–Kier alpha value is -1.88. The number of nitrogens with zero attached hydrogens (tertiary/aromatic N) is 2. The topological polar surface area (TPSA) is 47.6 Å². The fourth-order valence-corrected chi connectivity index (χ4v) is 4.24. The van der Waals surface area contributed by atoms with Crippen molar-refractivity contribution >= 4 is 21.6 Å². The molecule has 0 spiro atoms. The molecule has 122 valence electrons. The summed E-state index contributed by atoms with van der Waals surface area (Å²) in [5, 5.41) is 17.5. The molecule has 0 saturated carbocycles. The molecule has 4 heteroatoms. The highest BCUT2D eigenvalue weighted by molar-refractivity contribution is 8.76. The molecule has 24 heavy (non-hydrogen) atoms. The molecule has 0 aliphatic heterocycles. The van der Waals surface area contributed by atoms with Crippen LogP contribution in [0.2, 0.25) is 0 Å². The first-order valence-corrected chi connectivity index (χ1v) is 10.1. The van der Waals surface area contributed by atoms with Crippen LogP contribution in [-0.4, -0.2) is 0 Å². The molecule has 0 bridgehead atoms. The van der Waals surface area contributed by atoms with E-state index >= 15 is 0 Å². The van der Waals surface area contributed by atoms with Gasteiger partial charge in [-0.1, -0.05) is 59.7 Å². The van der Waals surface area contributed by atoms with E-state index in [0.717, 1.165) is 0 Å². The number of hydrogen-bond donors (Lipinski definition) is 0.